The number of hydrogen-bond donors (Lipinski definition) is 1. The normalized spacial score (nSPS) is 10.9. The van der Waals surface area contributed by atoms with Gasteiger partial charge in [0, 0.05) is 22.1 Å². The molecule has 0 amide bonds. The smallest absolute Gasteiger partial charge is 0.191 e. The van der Waals surface area contributed by atoms with E-state index in [-0.39, 0.29) is 11.0 Å². The Hall–Kier alpha value is -2.27. The van der Waals surface area contributed by atoms with Gasteiger partial charge < -0.3 is 9.84 Å². The molecule has 3 aromatic rings. The number of thiocarbonyl (C=S) groups is 2. The molecule has 0 aliphatic carbocycles. The fourth-order valence-electron chi connectivity index (χ4n) is 2.33. The zero-order chi connectivity index (χ0) is 20.4. The van der Waals surface area contributed by atoms with Crippen LogP contribution in [0.3, 0.4) is 0 Å². The zero-order valence-corrected chi connectivity index (χ0v) is 17.8. The summed E-state index contributed by atoms with van der Waals surface area (Å²) < 4.78 is 5.67. The third-order valence-electron chi connectivity index (χ3n) is 3.93. The van der Waals surface area contributed by atoms with Crippen LogP contribution in [0.1, 0.15) is 29.5 Å². The Morgan fingerprint density at radius 2 is 1.36 bits per heavy atom. The lowest BCUT2D eigenvalue weighted by Crippen LogP contribution is -2.10. The van der Waals surface area contributed by atoms with Crippen molar-refractivity contribution in [3.8, 4) is 0 Å². The summed E-state index contributed by atoms with van der Waals surface area (Å²) >= 11 is 15.7. The van der Waals surface area contributed by atoms with Crippen molar-refractivity contribution in [1.82, 2.24) is 0 Å². The zero-order valence-electron chi connectivity index (χ0n) is 15.4. The maximum Gasteiger partial charge on any atom is 0.191 e. The maximum atomic E-state index is 8.76. The summed E-state index contributed by atoms with van der Waals surface area (Å²) in [6.07, 6.45) is 0. The Morgan fingerprint density at radius 3 is 1.82 bits per heavy atom. The summed E-state index contributed by atoms with van der Waals surface area (Å²) in [7, 11) is 0. The lowest BCUT2D eigenvalue weighted by molar-refractivity contribution is 0.292. The minimum atomic E-state index is -0.0457. The molecule has 3 rings (SSSR count). The second-order valence-corrected chi connectivity index (χ2v) is 7.28. The van der Waals surface area contributed by atoms with Gasteiger partial charge in [-0.15, -0.1) is 0 Å². The van der Waals surface area contributed by atoms with Crippen LogP contribution in [0.2, 0.25) is 5.02 Å². The average molecular weight is 429 g/mol. The van der Waals surface area contributed by atoms with Crippen molar-refractivity contribution in [2.75, 3.05) is 6.61 Å². The predicted octanol–water partition coefficient (Wildman–Crippen LogP) is 6.76. The molecule has 0 aromatic heterocycles. The highest BCUT2D eigenvalue weighted by molar-refractivity contribution is 7.80. The fraction of sp³-hybridized carbons (Fsp3) is 0.130. The highest BCUT2D eigenvalue weighted by Gasteiger charge is 2.08. The largest absolute Gasteiger partial charge is 0.499 e. The number of halogens is 1. The highest BCUT2D eigenvalue weighted by Crippen LogP contribution is 2.19. The number of aliphatic hydroxyl groups excluding tert-OH is 1. The van der Waals surface area contributed by atoms with Crippen LogP contribution in [0.25, 0.3) is 0 Å². The van der Waals surface area contributed by atoms with E-state index >= 15 is 0 Å². The Kier molecular flexibility index (Phi) is 9.08. The molecule has 1 atom stereocenters. The summed E-state index contributed by atoms with van der Waals surface area (Å²) in [5.74, 6) is 0.277. The van der Waals surface area contributed by atoms with Crippen molar-refractivity contribution in [3.63, 3.8) is 0 Å². The monoisotopic (exact) mass is 428 g/mol. The van der Waals surface area contributed by atoms with Crippen LogP contribution in [0.4, 0.5) is 0 Å². The van der Waals surface area contributed by atoms with Gasteiger partial charge in [-0.1, -0.05) is 91.3 Å². The van der Waals surface area contributed by atoms with Crippen molar-refractivity contribution in [2.45, 2.75) is 12.8 Å². The van der Waals surface area contributed by atoms with E-state index in [9.17, 15) is 0 Å². The molecular weight excluding hydrogens is 408 g/mol. The molecule has 1 N–H and O–H groups in total. The molecule has 144 valence electrons. The van der Waals surface area contributed by atoms with E-state index in [1.54, 1.807) is 12.1 Å². The molecule has 5 heteroatoms. The molecule has 0 aliphatic heterocycles. The van der Waals surface area contributed by atoms with Crippen LogP contribution in [0.5, 0.6) is 0 Å². The second-order valence-electron chi connectivity index (χ2n) is 6.09. The van der Waals surface area contributed by atoms with Gasteiger partial charge in [-0.25, -0.2) is 0 Å². The van der Waals surface area contributed by atoms with E-state index in [2.05, 4.69) is 19.1 Å². The molecule has 1 unspecified atom stereocenters. The summed E-state index contributed by atoms with van der Waals surface area (Å²) in [4.78, 5) is 0. The van der Waals surface area contributed by atoms with E-state index in [1.807, 2.05) is 72.8 Å². The highest BCUT2D eigenvalue weighted by atomic mass is 35.5. The first kappa shape index (κ1) is 22.0. The van der Waals surface area contributed by atoms with Crippen molar-refractivity contribution >= 4 is 46.1 Å². The summed E-state index contributed by atoms with van der Waals surface area (Å²) in [6, 6.07) is 26.7. The van der Waals surface area contributed by atoms with Crippen LogP contribution in [-0.2, 0) is 4.74 Å². The molecule has 0 saturated carbocycles. The Morgan fingerprint density at radius 1 is 0.857 bits per heavy atom. The molecule has 3 aromatic carbocycles. The quantitative estimate of drug-likeness (QED) is 0.455. The van der Waals surface area contributed by atoms with Crippen LogP contribution < -0.4 is 0 Å². The van der Waals surface area contributed by atoms with Crippen LogP contribution >= 0.6 is 36.0 Å². The van der Waals surface area contributed by atoms with E-state index < -0.39 is 0 Å². The molecule has 0 spiro atoms. The third-order valence-corrected chi connectivity index (χ3v) is 4.77. The number of hydrogen-bond acceptors (Lipinski definition) is 3. The topological polar surface area (TPSA) is 29.5 Å². The summed E-state index contributed by atoms with van der Waals surface area (Å²) in [5, 5.41) is 10.00. The molecule has 0 radical (unpaired) electrons. The SMILES string of the molecule is CC(COC(=S)c1ccccc1)c1ccc(Cl)cc1.OC(=S)c1ccccc1. The second kappa shape index (κ2) is 11.5. The Labute approximate surface area is 181 Å². The first-order valence-corrected chi connectivity index (χ1v) is 9.93. The molecule has 0 aliphatic rings. The molecule has 0 bridgehead atoms. The Bertz CT molecular complexity index is 881. The van der Waals surface area contributed by atoms with Gasteiger partial charge in [0.2, 0.25) is 0 Å². The molecular formula is C23H21ClO2S2. The number of aliphatic hydroxyl groups is 1. The molecule has 0 fully saturated rings. The molecule has 0 heterocycles. The van der Waals surface area contributed by atoms with Crippen molar-refractivity contribution < 1.29 is 9.84 Å². The van der Waals surface area contributed by atoms with E-state index in [1.165, 1.54) is 5.56 Å². The van der Waals surface area contributed by atoms with E-state index in [4.69, 9.17) is 33.7 Å². The van der Waals surface area contributed by atoms with Gasteiger partial charge in [0.05, 0.1) is 6.61 Å². The van der Waals surface area contributed by atoms with Crippen LogP contribution in [0.15, 0.2) is 84.9 Å². The van der Waals surface area contributed by atoms with Crippen molar-refractivity contribution in [3.05, 3.63) is 107 Å². The van der Waals surface area contributed by atoms with Gasteiger partial charge in [0.1, 0.15) is 0 Å². The van der Waals surface area contributed by atoms with E-state index in [0.717, 1.165) is 10.6 Å². The summed E-state index contributed by atoms with van der Waals surface area (Å²) in [6.45, 7) is 2.67. The minimum absolute atomic E-state index is 0.0457. The minimum Gasteiger partial charge on any atom is -0.499 e. The molecule has 0 saturated heterocycles. The maximum absolute atomic E-state index is 8.76. The van der Waals surface area contributed by atoms with Crippen molar-refractivity contribution in [1.29, 1.82) is 0 Å². The first-order valence-electron chi connectivity index (χ1n) is 8.73. The summed E-state index contributed by atoms with van der Waals surface area (Å²) in [5.41, 5.74) is 2.84. The predicted molar refractivity (Wildman–Crippen MR) is 125 cm³/mol. The lowest BCUT2D eigenvalue weighted by Gasteiger charge is -2.14. The van der Waals surface area contributed by atoms with Gasteiger partial charge in [0.15, 0.2) is 10.1 Å². The van der Waals surface area contributed by atoms with Gasteiger partial charge in [-0.2, -0.15) is 0 Å². The number of rotatable bonds is 5. The van der Waals surface area contributed by atoms with Crippen molar-refractivity contribution in [2.24, 2.45) is 0 Å². The van der Waals surface area contributed by atoms with Gasteiger partial charge in [-0.05, 0) is 42.1 Å². The average Bonchev–Trinajstić information content (AvgIpc) is 2.74. The van der Waals surface area contributed by atoms with Gasteiger partial charge >= 0.3 is 0 Å². The number of ether oxygens (including phenoxy) is 1. The standard InChI is InChI=1S/C16H15ClOS.C7H6OS/c1-12(13-7-9-15(17)10-8-13)11-18-16(19)14-5-3-2-4-6-14;8-7(9)6-4-2-1-3-5-6/h2-10,12H,11H2,1H3;1-5H,(H,8,9). The molecule has 2 nitrogen and oxygen atoms in total. The first-order chi connectivity index (χ1) is 13.5. The third kappa shape index (κ3) is 7.39. The van der Waals surface area contributed by atoms with Crippen LogP contribution in [-0.4, -0.2) is 21.8 Å². The Balaban J connectivity index is 0.000000261. The number of benzene rings is 3. The van der Waals surface area contributed by atoms with E-state index in [0.29, 0.717) is 17.2 Å². The lowest BCUT2D eigenvalue weighted by atomic mass is 10.0. The van der Waals surface area contributed by atoms with Crippen LogP contribution in [0, 0.1) is 0 Å². The van der Waals surface area contributed by atoms with Gasteiger partial charge in [0.25, 0.3) is 0 Å². The molecule has 28 heavy (non-hydrogen) atoms. The van der Waals surface area contributed by atoms with Gasteiger partial charge in [-0.3, -0.25) is 0 Å². The fourth-order valence-corrected chi connectivity index (χ4v) is 2.79.